The lowest BCUT2D eigenvalue weighted by molar-refractivity contribution is -0.137. The van der Waals surface area contributed by atoms with Crippen LogP contribution in [0.1, 0.15) is 22.5 Å². The Kier molecular flexibility index (Phi) is 4.09. The van der Waals surface area contributed by atoms with Crippen molar-refractivity contribution in [3.63, 3.8) is 0 Å². The van der Waals surface area contributed by atoms with Crippen molar-refractivity contribution < 1.29 is 14.7 Å². The highest BCUT2D eigenvalue weighted by atomic mass is 16.3. The van der Waals surface area contributed by atoms with Crippen LogP contribution in [0, 0.1) is 11.8 Å². The van der Waals surface area contributed by atoms with Crippen LogP contribution >= 0.6 is 0 Å². The molecule has 1 aliphatic heterocycles. The topological polar surface area (TPSA) is 114 Å². The van der Waals surface area contributed by atoms with Crippen LogP contribution in [0.5, 0.6) is 0 Å². The molecule has 2 amide bonds. The Morgan fingerprint density at radius 3 is 2.86 bits per heavy atom. The van der Waals surface area contributed by atoms with E-state index in [0.717, 1.165) is 0 Å². The number of likely N-dealkylation sites (N-methyl/N-ethyl adjacent to an activating group) is 1. The summed E-state index contributed by atoms with van der Waals surface area (Å²) in [7, 11) is 1.63. The molecule has 1 fully saturated rings. The maximum atomic E-state index is 12.1. The second kappa shape index (κ2) is 6.48. The molecular weight excluding hydrogens is 358 g/mol. The first-order valence-electron chi connectivity index (χ1n) is 8.64. The summed E-state index contributed by atoms with van der Waals surface area (Å²) in [6, 6.07) is 10.6. The normalized spacial score (nSPS) is 18.9. The number of aliphatic hydroxyl groups is 1. The first-order valence-corrected chi connectivity index (χ1v) is 8.64. The fourth-order valence-electron chi connectivity index (χ4n) is 3.17. The Labute approximate surface area is 160 Å². The number of pyridine rings is 1. The van der Waals surface area contributed by atoms with Crippen molar-refractivity contribution in [1.82, 2.24) is 19.7 Å². The van der Waals surface area contributed by atoms with E-state index in [2.05, 4.69) is 21.9 Å². The van der Waals surface area contributed by atoms with E-state index in [4.69, 9.17) is 5.73 Å². The molecule has 0 aliphatic carbocycles. The molecule has 1 aromatic carbocycles. The Hall–Kier alpha value is -3.70. The van der Waals surface area contributed by atoms with Crippen LogP contribution in [0.2, 0.25) is 0 Å². The van der Waals surface area contributed by atoms with Gasteiger partial charge in [0.2, 0.25) is 5.60 Å². The molecule has 140 valence electrons. The lowest BCUT2D eigenvalue weighted by Crippen LogP contribution is -2.37. The number of benzene rings is 1. The molecule has 0 saturated carbocycles. The van der Waals surface area contributed by atoms with Gasteiger partial charge < -0.3 is 15.7 Å². The molecule has 3 N–H and O–H groups in total. The van der Waals surface area contributed by atoms with Crippen LogP contribution in [0.3, 0.4) is 0 Å². The van der Waals surface area contributed by atoms with Gasteiger partial charge in [-0.05, 0) is 30.3 Å². The minimum absolute atomic E-state index is 0.0842. The molecular formula is C20H17N5O3. The second-order valence-corrected chi connectivity index (χ2v) is 6.63. The molecule has 8 nitrogen and oxygen atoms in total. The van der Waals surface area contributed by atoms with Gasteiger partial charge in [-0.3, -0.25) is 14.6 Å². The molecule has 2 aromatic heterocycles. The van der Waals surface area contributed by atoms with Gasteiger partial charge in [0.1, 0.15) is 5.52 Å². The van der Waals surface area contributed by atoms with Crippen molar-refractivity contribution in [3.8, 4) is 17.5 Å². The molecule has 28 heavy (non-hydrogen) atoms. The monoisotopic (exact) mass is 375 g/mol. The third-order valence-electron chi connectivity index (χ3n) is 4.69. The molecule has 1 aliphatic rings. The molecule has 3 aromatic rings. The number of fused-ring (bicyclic) bond motifs is 1. The SMILES string of the molecule is CN1CCC(O)(C#Cc2cccc(-n3nc(C(N)=O)c4ncccc43)c2)C1=O. The minimum atomic E-state index is -1.66. The minimum Gasteiger partial charge on any atom is -0.369 e. The third-order valence-corrected chi connectivity index (χ3v) is 4.69. The molecule has 0 bridgehead atoms. The molecule has 3 heterocycles. The quantitative estimate of drug-likeness (QED) is 0.632. The molecule has 0 spiro atoms. The number of hydrogen-bond acceptors (Lipinski definition) is 5. The molecule has 0 radical (unpaired) electrons. The Morgan fingerprint density at radius 2 is 2.14 bits per heavy atom. The van der Waals surface area contributed by atoms with E-state index in [0.29, 0.717) is 28.8 Å². The number of carbonyl (C=O) groups excluding carboxylic acids is 2. The number of primary amides is 1. The van der Waals surface area contributed by atoms with Gasteiger partial charge in [0.15, 0.2) is 5.69 Å². The number of hydrogen-bond donors (Lipinski definition) is 2. The standard InChI is InChI=1S/C20H17N5O3/c1-24-11-9-20(28,19(24)27)8-7-13-4-2-5-14(12-13)25-15-6-3-10-22-16(15)17(23-25)18(21)26/h2-6,10,12,28H,9,11H2,1H3,(H2,21,26). The highest BCUT2D eigenvalue weighted by Gasteiger charge is 2.42. The van der Waals surface area contributed by atoms with Gasteiger partial charge in [-0.15, -0.1) is 0 Å². The zero-order valence-electron chi connectivity index (χ0n) is 15.1. The van der Waals surface area contributed by atoms with Crippen molar-refractivity contribution >= 4 is 22.8 Å². The summed E-state index contributed by atoms with van der Waals surface area (Å²) in [5.41, 5.74) is 6.14. The Morgan fingerprint density at radius 1 is 1.32 bits per heavy atom. The van der Waals surface area contributed by atoms with Crippen LogP contribution < -0.4 is 5.73 Å². The predicted molar refractivity (Wildman–Crippen MR) is 101 cm³/mol. The molecule has 8 heteroatoms. The van der Waals surface area contributed by atoms with Crippen molar-refractivity contribution in [2.75, 3.05) is 13.6 Å². The van der Waals surface area contributed by atoms with E-state index < -0.39 is 17.4 Å². The number of nitrogens with zero attached hydrogens (tertiary/aromatic N) is 4. The first kappa shape index (κ1) is 17.7. The number of rotatable bonds is 2. The van der Waals surface area contributed by atoms with Crippen molar-refractivity contribution in [3.05, 3.63) is 53.9 Å². The lowest BCUT2D eigenvalue weighted by atomic mass is 10.0. The number of aromatic nitrogens is 3. The van der Waals surface area contributed by atoms with Crippen LogP contribution in [-0.4, -0.2) is 55.8 Å². The van der Waals surface area contributed by atoms with E-state index in [9.17, 15) is 14.7 Å². The molecule has 1 unspecified atom stereocenters. The summed E-state index contributed by atoms with van der Waals surface area (Å²) in [4.78, 5) is 29.4. The summed E-state index contributed by atoms with van der Waals surface area (Å²) in [5.74, 6) is 4.50. The molecule has 1 atom stereocenters. The largest absolute Gasteiger partial charge is 0.369 e. The fraction of sp³-hybridized carbons (Fsp3) is 0.200. The van der Waals surface area contributed by atoms with Gasteiger partial charge in [0.25, 0.3) is 11.8 Å². The predicted octanol–water partition coefficient (Wildman–Crippen LogP) is 0.464. The van der Waals surface area contributed by atoms with Crippen LogP contribution in [0.25, 0.3) is 16.7 Å². The van der Waals surface area contributed by atoms with E-state index in [1.807, 2.05) is 0 Å². The second-order valence-electron chi connectivity index (χ2n) is 6.63. The first-order chi connectivity index (χ1) is 13.4. The average Bonchev–Trinajstić information content (AvgIpc) is 3.21. The van der Waals surface area contributed by atoms with Gasteiger partial charge in [-0.2, -0.15) is 5.10 Å². The van der Waals surface area contributed by atoms with Gasteiger partial charge in [0.05, 0.1) is 11.2 Å². The average molecular weight is 375 g/mol. The van der Waals surface area contributed by atoms with Gasteiger partial charge >= 0.3 is 0 Å². The Balaban J connectivity index is 1.76. The summed E-state index contributed by atoms with van der Waals surface area (Å²) >= 11 is 0. The van der Waals surface area contributed by atoms with Gasteiger partial charge in [0, 0.05) is 31.8 Å². The lowest BCUT2D eigenvalue weighted by Gasteiger charge is -2.13. The zero-order valence-corrected chi connectivity index (χ0v) is 15.1. The Bertz CT molecular complexity index is 1170. The van der Waals surface area contributed by atoms with Gasteiger partial charge in [-0.1, -0.05) is 17.9 Å². The summed E-state index contributed by atoms with van der Waals surface area (Å²) in [6.07, 6.45) is 1.84. The number of amides is 2. The van der Waals surface area contributed by atoms with Crippen molar-refractivity contribution in [2.45, 2.75) is 12.0 Å². The summed E-state index contributed by atoms with van der Waals surface area (Å²) in [5, 5.41) is 14.7. The third kappa shape index (κ3) is 2.88. The molecule has 1 saturated heterocycles. The smallest absolute Gasteiger partial charge is 0.271 e. The maximum absolute atomic E-state index is 12.1. The van der Waals surface area contributed by atoms with E-state index >= 15 is 0 Å². The van der Waals surface area contributed by atoms with E-state index in [1.54, 1.807) is 54.3 Å². The van der Waals surface area contributed by atoms with Gasteiger partial charge in [-0.25, -0.2) is 4.68 Å². The summed E-state index contributed by atoms with van der Waals surface area (Å²) in [6.45, 7) is 0.465. The van der Waals surface area contributed by atoms with Crippen molar-refractivity contribution in [2.24, 2.45) is 5.73 Å². The number of carbonyl (C=O) groups is 2. The van der Waals surface area contributed by atoms with Crippen molar-refractivity contribution in [1.29, 1.82) is 0 Å². The van der Waals surface area contributed by atoms with Crippen LogP contribution in [-0.2, 0) is 4.79 Å². The van der Waals surface area contributed by atoms with Crippen LogP contribution in [0.15, 0.2) is 42.6 Å². The highest BCUT2D eigenvalue weighted by molar-refractivity contribution is 6.02. The number of nitrogens with two attached hydrogens (primary N) is 1. The van der Waals surface area contributed by atoms with Crippen LogP contribution in [0.4, 0.5) is 0 Å². The maximum Gasteiger partial charge on any atom is 0.271 e. The number of likely N-dealkylation sites (tertiary alicyclic amines) is 1. The molecule has 4 rings (SSSR count). The van der Waals surface area contributed by atoms with E-state index in [-0.39, 0.29) is 12.1 Å². The summed E-state index contributed by atoms with van der Waals surface area (Å²) < 4.78 is 1.57. The fourth-order valence-corrected chi connectivity index (χ4v) is 3.17. The van der Waals surface area contributed by atoms with E-state index in [1.165, 1.54) is 4.90 Å². The highest BCUT2D eigenvalue weighted by Crippen LogP contribution is 2.22. The zero-order chi connectivity index (χ0) is 19.9.